The minimum atomic E-state index is -0.847. The van der Waals surface area contributed by atoms with Gasteiger partial charge in [0.1, 0.15) is 24.0 Å². The minimum absolute atomic E-state index is 0.0835. The van der Waals surface area contributed by atoms with E-state index in [4.69, 9.17) is 14.7 Å². The van der Waals surface area contributed by atoms with Crippen LogP contribution in [0.1, 0.15) is 45.1 Å². The molecule has 3 aromatic heterocycles. The van der Waals surface area contributed by atoms with Crippen LogP contribution in [0.25, 0.3) is 38.4 Å². The number of pyridine rings is 1. The molecule has 2 atom stereocenters. The first kappa shape index (κ1) is 27.8. The summed E-state index contributed by atoms with van der Waals surface area (Å²) in [6.45, 7) is 6.49. The number of rotatable bonds is 6. The number of phenols is 1. The van der Waals surface area contributed by atoms with E-state index in [1.165, 1.54) is 6.07 Å². The summed E-state index contributed by atoms with van der Waals surface area (Å²) in [6, 6.07) is 10.9. The van der Waals surface area contributed by atoms with Crippen LogP contribution in [0.5, 0.6) is 11.8 Å². The Bertz CT molecular complexity index is 1850. The number of hydrogen-bond donors (Lipinski definition) is 2. The first-order valence-electron chi connectivity index (χ1n) is 15.2. The van der Waals surface area contributed by atoms with Gasteiger partial charge in [0.05, 0.1) is 33.9 Å². The summed E-state index contributed by atoms with van der Waals surface area (Å²) in [5, 5.41) is 28.7. The second kappa shape index (κ2) is 10.6. The van der Waals surface area contributed by atoms with E-state index < -0.39 is 5.60 Å². The van der Waals surface area contributed by atoms with Crippen LogP contribution in [-0.2, 0) is 6.42 Å². The Morgan fingerprint density at radius 1 is 1.09 bits per heavy atom. The Morgan fingerprint density at radius 3 is 2.72 bits per heavy atom. The third kappa shape index (κ3) is 4.92. The number of aryl methyl sites for hydroxylation is 1. The van der Waals surface area contributed by atoms with Gasteiger partial charge in [-0.15, -0.1) is 0 Å². The number of phenolic OH excluding ortho intramolecular Hbond substituents is 1. The normalized spacial score (nSPS) is 21.4. The molecule has 224 valence electrons. The van der Waals surface area contributed by atoms with Gasteiger partial charge in [-0.3, -0.25) is 0 Å². The minimum Gasteiger partial charge on any atom is -0.508 e. The second-order valence-electron chi connectivity index (χ2n) is 12.3. The van der Waals surface area contributed by atoms with Crippen molar-refractivity contribution < 1.29 is 19.3 Å². The molecule has 0 spiro atoms. The van der Waals surface area contributed by atoms with Crippen LogP contribution >= 0.6 is 0 Å². The van der Waals surface area contributed by atoms with E-state index in [9.17, 15) is 10.2 Å². The standard InChI is InChI=1S/C33H37FN6O3/c1-4-23-25(34)9-8-20-15-22(41)16-24(29(20)23)28-17-26-30(27-10-12-35-40(27)28)31(39-14-6-11-33(2,42)19-39)37-32(36-26)43-18-21-7-5-13-38(21)3/h8-10,12,15-17,21,41-42H,4-7,11,13-14,18-19H2,1-3H3/t21?,33-/m1/s1. The van der Waals surface area contributed by atoms with Crippen molar-refractivity contribution >= 4 is 33.0 Å². The van der Waals surface area contributed by atoms with Crippen molar-refractivity contribution in [1.29, 1.82) is 0 Å². The van der Waals surface area contributed by atoms with Gasteiger partial charge in [-0.2, -0.15) is 15.1 Å². The molecule has 1 unspecified atom stereocenters. The number of hydrogen-bond acceptors (Lipinski definition) is 8. The fraction of sp³-hybridized carbons (Fsp3) is 0.424. The molecular weight excluding hydrogens is 547 g/mol. The zero-order valence-corrected chi connectivity index (χ0v) is 24.8. The lowest BCUT2D eigenvalue weighted by atomic mass is 9.94. The third-order valence-electron chi connectivity index (χ3n) is 9.13. The molecule has 2 aliphatic heterocycles. The van der Waals surface area contributed by atoms with Crippen LogP contribution in [0, 0.1) is 5.82 Å². The van der Waals surface area contributed by atoms with Gasteiger partial charge in [-0.05, 0) is 99.3 Å². The Hall–Kier alpha value is -4.02. The van der Waals surface area contributed by atoms with Gasteiger partial charge in [0.25, 0.3) is 0 Å². The van der Waals surface area contributed by atoms with Crippen molar-refractivity contribution in [2.75, 3.05) is 38.2 Å². The fourth-order valence-electron chi connectivity index (χ4n) is 6.96. The zero-order chi connectivity index (χ0) is 29.9. The van der Waals surface area contributed by atoms with Crippen molar-refractivity contribution in [3.8, 4) is 23.0 Å². The Balaban J connectivity index is 1.47. The quantitative estimate of drug-likeness (QED) is 0.276. The number of nitrogens with zero attached hydrogens (tertiary/aromatic N) is 6. The molecule has 10 heteroatoms. The van der Waals surface area contributed by atoms with Crippen molar-refractivity contribution in [1.82, 2.24) is 24.5 Å². The highest BCUT2D eigenvalue weighted by molar-refractivity contribution is 6.06. The molecule has 7 rings (SSSR count). The van der Waals surface area contributed by atoms with E-state index in [1.807, 2.05) is 30.5 Å². The molecule has 2 saturated heterocycles. The molecule has 5 aromatic rings. The molecule has 43 heavy (non-hydrogen) atoms. The van der Waals surface area contributed by atoms with Gasteiger partial charge in [0.15, 0.2) is 0 Å². The first-order chi connectivity index (χ1) is 20.7. The van der Waals surface area contributed by atoms with Crippen molar-refractivity contribution in [2.45, 2.75) is 57.6 Å². The largest absolute Gasteiger partial charge is 0.508 e. The number of halogens is 1. The van der Waals surface area contributed by atoms with Gasteiger partial charge < -0.3 is 24.7 Å². The SMILES string of the molecule is CCc1c(F)ccc2cc(O)cc(-c3cc4nc(OCC5CCCN5C)nc(N5CCC[C@@](C)(O)C5)c4c4ccnn34)c12. The number of likely N-dealkylation sites (N-methyl/N-ethyl adjacent to an activating group) is 1. The monoisotopic (exact) mass is 584 g/mol. The highest BCUT2D eigenvalue weighted by Crippen LogP contribution is 2.40. The number of ether oxygens (including phenoxy) is 1. The number of aromatic nitrogens is 4. The van der Waals surface area contributed by atoms with Gasteiger partial charge >= 0.3 is 6.01 Å². The van der Waals surface area contributed by atoms with Crippen LogP contribution in [0.2, 0.25) is 0 Å². The molecule has 2 N–H and O–H groups in total. The Kier molecular flexibility index (Phi) is 6.85. The van der Waals surface area contributed by atoms with Gasteiger partial charge in [-0.25, -0.2) is 8.91 Å². The number of benzene rings is 2. The summed E-state index contributed by atoms with van der Waals surface area (Å²) >= 11 is 0. The third-order valence-corrected chi connectivity index (χ3v) is 9.13. The summed E-state index contributed by atoms with van der Waals surface area (Å²) in [7, 11) is 2.11. The maximum Gasteiger partial charge on any atom is 0.319 e. The zero-order valence-electron chi connectivity index (χ0n) is 24.8. The Morgan fingerprint density at radius 2 is 1.95 bits per heavy atom. The number of anilines is 1. The summed E-state index contributed by atoms with van der Waals surface area (Å²) < 4.78 is 23.2. The number of aromatic hydroxyl groups is 1. The lowest BCUT2D eigenvalue weighted by Crippen LogP contribution is -2.46. The van der Waals surface area contributed by atoms with Crippen LogP contribution in [-0.4, -0.2) is 79.6 Å². The Labute approximate surface area is 249 Å². The van der Waals surface area contributed by atoms with Crippen LogP contribution in [0.4, 0.5) is 10.2 Å². The summed E-state index contributed by atoms with van der Waals surface area (Å²) in [5.41, 5.74) is 2.50. The second-order valence-corrected chi connectivity index (χ2v) is 12.3. The maximum atomic E-state index is 15.1. The average Bonchev–Trinajstić information content (AvgIpc) is 3.63. The van der Waals surface area contributed by atoms with Crippen LogP contribution < -0.4 is 9.64 Å². The van der Waals surface area contributed by atoms with E-state index in [1.54, 1.807) is 24.4 Å². The summed E-state index contributed by atoms with van der Waals surface area (Å²) in [6.07, 6.45) is 5.96. The van der Waals surface area contributed by atoms with Crippen molar-refractivity contribution in [3.63, 3.8) is 0 Å². The van der Waals surface area contributed by atoms with E-state index >= 15 is 4.39 Å². The van der Waals surface area contributed by atoms with Crippen LogP contribution in [0.3, 0.4) is 0 Å². The fourth-order valence-corrected chi connectivity index (χ4v) is 6.96. The predicted octanol–water partition coefficient (Wildman–Crippen LogP) is 5.33. The number of likely N-dealkylation sites (tertiary alicyclic amines) is 1. The topological polar surface area (TPSA) is 99.3 Å². The first-order valence-corrected chi connectivity index (χ1v) is 15.2. The molecule has 0 bridgehead atoms. The lowest BCUT2D eigenvalue weighted by molar-refractivity contribution is 0.0447. The number of aliphatic hydroxyl groups is 1. The lowest BCUT2D eigenvalue weighted by Gasteiger charge is -2.38. The molecule has 2 fully saturated rings. The van der Waals surface area contributed by atoms with E-state index in [-0.39, 0.29) is 17.6 Å². The molecule has 0 saturated carbocycles. The molecule has 2 aliphatic rings. The summed E-state index contributed by atoms with van der Waals surface area (Å²) in [5.74, 6) is 0.492. The van der Waals surface area contributed by atoms with Gasteiger partial charge in [0.2, 0.25) is 0 Å². The van der Waals surface area contributed by atoms with Gasteiger partial charge in [-0.1, -0.05) is 13.0 Å². The van der Waals surface area contributed by atoms with Crippen LogP contribution in [0.15, 0.2) is 42.6 Å². The van der Waals surface area contributed by atoms with E-state index in [2.05, 4.69) is 21.9 Å². The highest BCUT2D eigenvalue weighted by atomic mass is 19.1. The maximum absolute atomic E-state index is 15.1. The molecule has 2 aromatic carbocycles. The molecule has 9 nitrogen and oxygen atoms in total. The molecule has 0 aliphatic carbocycles. The average molecular weight is 585 g/mol. The molecular formula is C33H37FN6O3. The van der Waals surface area contributed by atoms with Crippen molar-refractivity contribution in [3.05, 3.63) is 54.0 Å². The molecule has 0 radical (unpaired) electrons. The van der Waals surface area contributed by atoms with E-state index in [0.717, 1.165) is 60.4 Å². The smallest absolute Gasteiger partial charge is 0.319 e. The number of piperidine rings is 1. The van der Waals surface area contributed by atoms with Gasteiger partial charge in [0, 0.05) is 24.7 Å². The molecule has 5 heterocycles. The summed E-state index contributed by atoms with van der Waals surface area (Å²) in [4.78, 5) is 14.3. The number of β-amino-alcohol motifs (C(OH)–C–C–N with tert-alkyl or cyclic N) is 1. The predicted molar refractivity (Wildman–Crippen MR) is 165 cm³/mol. The number of fused-ring (bicyclic) bond motifs is 4. The van der Waals surface area contributed by atoms with E-state index in [0.29, 0.717) is 53.8 Å². The van der Waals surface area contributed by atoms with Crippen molar-refractivity contribution in [2.24, 2.45) is 0 Å². The highest BCUT2D eigenvalue weighted by Gasteiger charge is 2.32. The molecule has 0 amide bonds.